The van der Waals surface area contributed by atoms with Crippen molar-refractivity contribution in [2.45, 2.75) is 120 Å². The Morgan fingerprint density at radius 3 is 2.12 bits per heavy atom. The van der Waals surface area contributed by atoms with E-state index in [9.17, 15) is 57.5 Å². The second-order valence-corrected chi connectivity index (χ2v) is 24.4. The number of aromatic amines is 1. The van der Waals surface area contributed by atoms with Crippen molar-refractivity contribution in [2.75, 3.05) is 13.1 Å². The molecule has 0 spiro atoms. The molecule has 10 rings (SSSR count). The van der Waals surface area contributed by atoms with Crippen LogP contribution >= 0.6 is 7.60 Å². The topological polar surface area (TPSA) is 322 Å². The first kappa shape index (κ1) is 58.9. The number of Topliss-reactive ketones (excluding diaryl/α,β-unsaturated/α-hetero) is 1. The fraction of sp³-hybridized carbons (Fsp3) is 0.410. The number of piperidine rings is 1. The highest BCUT2D eigenvalue weighted by Gasteiger charge is 2.46. The third kappa shape index (κ3) is 12.9. The van der Waals surface area contributed by atoms with E-state index in [1.54, 1.807) is 11.9 Å². The average Bonchev–Trinajstić information content (AvgIpc) is 3.38. The number of nitrogens with one attached hydrogen (secondary N) is 4. The number of H-pyrrole nitrogens is 1. The first-order valence-electron chi connectivity index (χ1n) is 28.6. The lowest BCUT2D eigenvalue weighted by atomic mass is 9.78. The SMILES string of the molecule is Cn1c(=O)n([C@H]2CCC(=O)NC2=O)c2ccc(CC3CCC(CC(=O)N4CC[C@H]5CC[C@@H](C(=O)N[C@@H](CCC(N)=O)C(=O)NC(c6ccccc6)c6ccccc6)N5C(=O)[C@@H](CC(=O)c5cc6cc(C(=O)P(=O)(O)O)ccc6[nH]5)C4)CC3)cc21. The Morgan fingerprint density at radius 1 is 0.762 bits per heavy atom. The number of fused-ring (bicyclic) bond motifs is 3. The summed E-state index contributed by atoms with van der Waals surface area (Å²) in [5.74, 6) is -4.79. The maximum Gasteiger partial charge on any atom is 0.396 e. The Morgan fingerprint density at radius 2 is 1.45 bits per heavy atom. The Kier molecular flexibility index (Phi) is 17.4. The van der Waals surface area contributed by atoms with Gasteiger partial charge in [-0.15, -0.1) is 0 Å². The average molecular weight is 1170 g/mol. The summed E-state index contributed by atoms with van der Waals surface area (Å²) in [5, 5.41) is 8.56. The lowest BCUT2D eigenvalue weighted by Crippen LogP contribution is -2.57. The number of ketones is 1. The van der Waals surface area contributed by atoms with Crippen LogP contribution in [0.3, 0.4) is 0 Å². The number of aryl methyl sites for hydroxylation is 1. The molecule has 22 nitrogen and oxygen atoms in total. The first-order valence-corrected chi connectivity index (χ1v) is 30.2. The van der Waals surface area contributed by atoms with E-state index in [4.69, 9.17) is 5.73 Å². The standard InChI is InChI=1S/C61H68N9O13P/c1-67-50-29-37(16-21-47(50)70(61(67)80)49-23-25-53(73)65-58(49)77)28-35-12-14-36(15-13-35)30-54(74)68-27-26-43-18-22-48(57(76)64-45(20-24-52(62)72)56(75)66-55(38-8-4-2-5-9-38)39-10-6-3-7-11-39)69(43)59(78)42(34-68)33-51(71)46-32-41-31-40(17-19-44(41)63-46)60(79)84(81,82)83/h2-11,16-17,19,21,29,31-32,35-36,42-43,45,48-49,55,63H,12-15,18,20,22-28,30,33-34H2,1H3,(H2,62,72)(H,64,76)(H,66,75)(H,65,73,77)(H2,81,82,83)/t35?,36?,42-,43+,45-,48-,49-/m0/s1. The zero-order chi connectivity index (χ0) is 59.6. The number of aromatic nitrogens is 3. The minimum absolute atomic E-state index is 0.0425. The molecule has 8 N–H and O–H groups in total. The molecule has 2 aromatic heterocycles. The van der Waals surface area contributed by atoms with Crippen molar-refractivity contribution in [1.29, 1.82) is 0 Å². The summed E-state index contributed by atoms with van der Waals surface area (Å²) in [6, 6.07) is 25.4. The Hall–Kier alpha value is -8.33. The second kappa shape index (κ2) is 24.9. The Bertz CT molecular complexity index is 3640. The van der Waals surface area contributed by atoms with Gasteiger partial charge >= 0.3 is 13.3 Å². The number of nitrogens with two attached hydrogens (primary N) is 1. The van der Waals surface area contributed by atoms with E-state index >= 15 is 4.79 Å². The lowest BCUT2D eigenvalue weighted by molar-refractivity contribution is -0.148. The number of primary amides is 1. The van der Waals surface area contributed by atoms with Crippen LogP contribution in [0.15, 0.2) is 108 Å². The summed E-state index contributed by atoms with van der Waals surface area (Å²) >= 11 is 0. The van der Waals surface area contributed by atoms with Gasteiger partial charge in [-0.25, -0.2) is 4.79 Å². The monoisotopic (exact) mass is 1170 g/mol. The molecule has 3 saturated heterocycles. The molecule has 84 heavy (non-hydrogen) atoms. The molecule has 0 unspecified atom stereocenters. The van der Waals surface area contributed by atoms with Crippen molar-refractivity contribution in [3.8, 4) is 0 Å². The molecule has 4 aromatic carbocycles. The maximum absolute atomic E-state index is 15.2. The lowest BCUT2D eigenvalue weighted by Gasteiger charge is -2.39. The van der Waals surface area contributed by atoms with Gasteiger partial charge in [-0.2, -0.15) is 0 Å². The number of carbonyl (C=O) groups is 9. The maximum atomic E-state index is 15.2. The molecule has 440 valence electrons. The molecule has 1 aliphatic carbocycles. The summed E-state index contributed by atoms with van der Waals surface area (Å²) in [6.07, 6.45) is 4.70. The van der Waals surface area contributed by atoms with E-state index in [0.29, 0.717) is 40.7 Å². The number of amides is 7. The van der Waals surface area contributed by atoms with Crippen LogP contribution in [-0.2, 0) is 51.6 Å². The van der Waals surface area contributed by atoms with Crippen molar-refractivity contribution in [3.05, 3.63) is 142 Å². The highest BCUT2D eigenvalue weighted by Crippen LogP contribution is 2.40. The van der Waals surface area contributed by atoms with Gasteiger partial charge in [0.05, 0.1) is 28.7 Å². The zero-order valence-electron chi connectivity index (χ0n) is 46.4. The van der Waals surface area contributed by atoms with Crippen LogP contribution in [-0.4, -0.2) is 118 Å². The summed E-state index contributed by atoms with van der Waals surface area (Å²) in [6.45, 7) is 0.0857. The van der Waals surface area contributed by atoms with Gasteiger partial charge in [0, 0.05) is 68.3 Å². The van der Waals surface area contributed by atoms with Crippen LogP contribution in [0.1, 0.15) is 133 Å². The molecule has 4 fully saturated rings. The van der Waals surface area contributed by atoms with E-state index in [1.165, 1.54) is 38.3 Å². The van der Waals surface area contributed by atoms with E-state index < -0.39 is 91.0 Å². The summed E-state index contributed by atoms with van der Waals surface area (Å²) in [5.41, 5.74) is 7.89. The molecule has 4 aliphatic rings. The van der Waals surface area contributed by atoms with Crippen LogP contribution < -0.4 is 27.4 Å². The molecule has 5 atom stereocenters. The number of benzene rings is 4. The Labute approximate surface area is 483 Å². The Balaban J connectivity index is 0.845. The molecule has 3 aliphatic heterocycles. The fourth-order valence-corrected chi connectivity index (χ4v) is 13.3. The number of carbonyl (C=O) groups excluding carboxylic acids is 9. The van der Waals surface area contributed by atoms with Gasteiger partial charge < -0.3 is 40.9 Å². The van der Waals surface area contributed by atoms with Gasteiger partial charge in [0.15, 0.2) is 5.78 Å². The summed E-state index contributed by atoms with van der Waals surface area (Å²) in [7, 11) is -3.46. The predicted octanol–water partition coefficient (Wildman–Crippen LogP) is 4.99. The van der Waals surface area contributed by atoms with Crippen molar-refractivity contribution in [1.82, 2.24) is 39.9 Å². The molecule has 6 aromatic rings. The highest BCUT2D eigenvalue weighted by atomic mass is 31.2. The smallest absolute Gasteiger partial charge is 0.370 e. The highest BCUT2D eigenvalue weighted by molar-refractivity contribution is 7.70. The van der Waals surface area contributed by atoms with Crippen LogP contribution in [0, 0.1) is 17.8 Å². The normalized spacial score (nSPS) is 21.6. The first-order chi connectivity index (χ1) is 40.2. The zero-order valence-corrected chi connectivity index (χ0v) is 47.3. The van der Waals surface area contributed by atoms with Gasteiger partial charge in [0.25, 0.3) is 5.52 Å². The van der Waals surface area contributed by atoms with Gasteiger partial charge in [0.2, 0.25) is 41.4 Å². The number of imidazole rings is 1. The van der Waals surface area contributed by atoms with E-state index in [0.717, 1.165) is 48.8 Å². The van der Waals surface area contributed by atoms with E-state index in [-0.39, 0.29) is 86.3 Å². The third-order valence-electron chi connectivity index (χ3n) is 17.3. The summed E-state index contributed by atoms with van der Waals surface area (Å²) in [4.78, 5) is 161. The molecule has 23 heteroatoms. The van der Waals surface area contributed by atoms with Crippen LogP contribution in [0.25, 0.3) is 21.9 Å². The van der Waals surface area contributed by atoms with Crippen molar-refractivity contribution >= 4 is 82.2 Å². The molecular weight excluding hydrogens is 1100 g/mol. The summed E-state index contributed by atoms with van der Waals surface area (Å²) < 4.78 is 14.8. The van der Waals surface area contributed by atoms with Crippen molar-refractivity contribution < 1.29 is 57.5 Å². The quantitative estimate of drug-likeness (QED) is 0.0320. The predicted molar refractivity (Wildman–Crippen MR) is 308 cm³/mol. The van der Waals surface area contributed by atoms with Crippen LogP contribution in [0.2, 0.25) is 0 Å². The molecule has 0 radical (unpaired) electrons. The van der Waals surface area contributed by atoms with E-state index in [2.05, 4.69) is 20.9 Å². The third-order valence-corrected chi connectivity index (χ3v) is 18.1. The van der Waals surface area contributed by atoms with E-state index in [1.807, 2.05) is 78.9 Å². The molecule has 0 bridgehead atoms. The van der Waals surface area contributed by atoms with Gasteiger partial charge in [0.1, 0.15) is 18.1 Å². The number of nitrogens with zero attached hydrogens (tertiary/aromatic N) is 4. The second-order valence-electron chi connectivity index (χ2n) is 22.9. The molecular formula is C61H68N9O13P. The minimum atomic E-state index is -5.12. The van der Waals surface area contributed by atoms with Crippen molar-refractivity contribution in [3.63, 3.8) is 0 Å². The van der Waals surface area contributed by atoms with Crippen LogP contribution in [0.5, 0.6) is 0 Å². The number of rotatable bonds is 19. The van der Waals surface area contributed by atoms with Crippen molar-refractivity contribution in [2.24, 2.45) is 30.5 Å². The molecule has 5 heterocycles. The number of hydrogen-bond acceptors (Lipinski definition) is 11. The number of imide groups is 1. The molecule has 1 saturated carbocycles. The molecule has 7 amide bonds. The van der Waals surface area contributed by atoms with Gasteiger partial charge in [-0.3, -0.25) is 62.2 Å². The van der Waals surface area contributed by atoms with Gasteiger partial charge in [-0.1, -0.05) is 66.7 Å². The fourth-order valence-electron chi connectivity index (χ4n) is 12.8. The minimum Gasteiger partial charge on any atom is -0.370 e. The van der Waals surface area contributed by atoms with Gasteiger partial charge in [-0.05, 0) is 129 Å². The largest absolute Gasteiger partial charge is 0.396 e. The number of hydrogen-bond donors (Lipinski definition) is 7. The van der Waals surface area contributed by atoms with Crippen LogP contribution in [0.4, 0.5) is 0 Å².